The fraction of sp³-hybridized carbons (Fsp3) is 0.333. The van der Waals surface area contributed by atoms with Crippen LogP contribution in [0.2, 0.25) is 0 Å². The van der Waals surface area contributed by atoms with Crippen LogP contribution in [-0.2, 0) is 6.54 Å². The molecule has 1 unspecified atom stereocenters. The van der Waals surface area contributed by atoms with Crippen molar-refractivity contribution in [2.45, 2.75) is 26.4 Å². The average molecular weight is 257 g/mol. The normalized spacial score (nSPS) is 12.2. The van der Waals surface area contributed by atoms with Crippen LogP contribution in [-0.4, -0.2) is 17.1 Å². The number of rotatable bonds is 5. The molecular formula is C15H19N3O. The van der Waals surface area contributed by atoms with E-state index < -0.39 is 0 Å². The Hall–Kier alpha value is -1.94. The maximum atomic E-state index is 5.25. The molecule has 1 N–H and O–H groups in total. The Morgan fingerprint density at radius 1 is 1.26 bits per heavy atom. The van der Waals surface area contributed by atoms with E-state index in [-0.39, 0.29) is 6.04 Å². The van der Waals surface area contributed by atoms with Crippen LogP contribution < -0.4 is 10.1 Å². The Morgan fingerprint density at radius 3 is 2.68 bits per heavy atom. The Bertz CT molecular complexity index is 528. The van der Waals surface area contributed by atoms with Crippen molar-refractivity contribution in [3.05, 3.63) is 53.6 Å². The molecule has 0 bridgehead atoms. The molecule has 19 heavy (non-hydrogen) atoms. The van der Waals surface area contributed by atoms with Crippen molar-refractivity contribution in [1.82, 2.24) is 15.3 Å². The van der Waals surface area contributed by atoms with Crippen LogP contribution in [0.3, 0.4) is 0 Å². The van der Waals surface area contributed by atoms with Crippen molar-refractivity contribution < 1.29 is 4.74 Å². The van der Waals surface area contributed by atoms with Crippen molar-refractivity contribution in [2.75, 3.05) is 7.11 Å². The van der Waals surface area contributed by atoms with Gasteiger partial charge < -0.3 is 10.1 Å². The quantitative estimate of drug-likeness (QED) is 0.894. The summed E-state index contributed by atoms with van der Waals surface area (Å²) in [5, 5.41) is 3.45. The molecule has 100 valence electrons. The molecule has 0 amide bonds. The lowest BCUT2D eigenvalue weighted by atomic mass is 10.1. The van der Waals surface area contributed by atoms with Crippen molar-refractivity contribution in [3.8, 4) is 5.75 Å². The highest BCUT2D eigenvalue weighted by Gasteiger charge is 2.06. The zero-order valence-corrected chi connectivity index (χ0v) is 11.6. The molecule has 1 atom stereocenters. The Morgan fingerprint density at radius 2 is 2.00 bits per heavy atom. The van der Waals surface area contributed by atoms with E-state index >= 15 is 0 Å². The van der Waals surface area contributed by atoms with Gasteiger partial charge in [-0.1, -0.05) is 0 Å². The number of aromatic nitrogens is 2. The molecule has 0 fully saturated rings. The van der Waals surface area contributed by atoms with Gasteiger partial charge in [-0.25, -0.2) is 0 Å². The predicted octanol–water partition coefficient (Wildman–Crippen LogP) is 2.64. The minimum atomic E-state index is 0.260. The van der Waals surface area contributed by atoms with E-state index in [1.807, 2.05) is 43.6 Å². The lowest BCUT2D eigenvalue weighted by Crippen LogP contribution is -2.19. The summed E-state index contributed by atoms with van der Waals surface area (Å²) in [7, 11) is 1.67. The molecular weight excluding hydrogens is 238 g/mol. The van der Waals surface area contributed by atoms with E-state index in [0.29, 0.717) is 6.54 Å². The first-order valence-corrected chi connectivity index (χ1v) is 6.34. The van der Waals surface area contributed by atoms with Gasteiger partial charge in [0, 0.05) is 42.8 Å². The SMILES string of the molecule is COc1cc(C)nc(CNC(C)c2ccncc2)c1. The molecule has 2 aromatic heterocycles. The van der Waals surface area contributed by atoms with E-state index in [4.69, 9.17) is 4.74 Å². The molecule has 2 rings (SSSR count). The summed E-state index contributed by atoms with van der Waals surface area (Å²) in [6, 6.07) is 8.18. The first-order valence-electron chi connectivity index (χ1n) is 6.34. The van der Waals surface area contributed by atoms with Gasteiger partial charge >= 0.3 is 0 Å². The third kappa shape index (κ3) is 3.76. The van der Waals surface area contributed by atoms with Gasteiger partial charge in [0.2, 0.25) is 0 Å². The van der Waals surface area contributed by atoms with Crippen molar-refractivity contribution >= 4 is 0 Å². The Balaban J connectivity index is 2.01. The van der Waals surface area contributed by atoms with Gasteiger partial charge in [-0.15, -0.1) is 0 Å². The van der Waals surface area contributed by atoms with Crippen molar-refractivity contribution in [2.24, 2.45) is 0 Å². The van der Waals surface area contributed by atoms with Crippen LogP contribution in [0.1, 0.15) is 29.9 Å². The van der Waals surface area contributed by atoms with Crippen LogP contribution in [0.25, 0.3) is 0 Å². The molecule has 0 spiro atoms. The molecule has 0 saturated carbocycles. The van der Waals surface area contributed by atoms with Crippen LogP contribution in [0, 0.1) is 6.92 Å². The molecule has 0 radical (unpaired) electrons. The third-order valence-corrected chi connectivity index (χ3v) is 3.01. The van der Waals surface area contributed by atoms with Gasteiger partial charge in [0.25, 0.3) is 0 Å². The monoisotopic (exact) mass is 257 g/mol. The summed E-state index contributed by atoms with van der Waals surface area (Å²) in [5.41, 5.74) is 3.17. The minimum absolute atomic E-state index is 0.260. The molecule has 4 nitrogen and oxygen atoms in total. The van der Waals surface area contributed by atoms with E-state index in [1.165, 1.54) is 5.56 Å². The maximum Gasteiger partial charge on any atom is 0.122 e. The Labute approximate surface area is 113 Å². The summed E-state index contributed by atoms with van der Waals surface area (Å²) in [6.45, 7) is 4.81. The summed E-state index contributed by atoms with van der Waals surface area (Å²) >= 11 is 0. The molecule has 0 aliphatic carbocycles. The second-order valence-corrected chi connectivity index (χ2v) is 4.52. The lowest BCUT2D eigenvalue weighted by Gasteiger charge is -2.14. The number of pyridine rings is 2. The molecule has 0 aliphatic heterocycles. The predicted molar refractivity (Wildman–Crippen MR) is 75.0 cm³/mol. The highest BCUT2D eigenvalue weighted by Crippen LogP contribution is 2.15. The van der Waals surface area contributed by atoms with Crippen LogP contribution in [0.15, 0.2) is 36.7 Å². The molecule has 0 aromatic carbocycles. The second kappa shape index (κ2) is 6.29. The highest BCUT2D eigenvalue weighted by atomic mass is 16.5. The number of hydrogen-bond donors (Lipinski definition) is 1. The number of methoxy groups -OCH3 is 1. The van der Waals surface area contributed by atoms with Crippen LogP contribution in [0.5, 0.6) is 5.75 Å². The summed E-state index contributed by atoms with van der Waals surface area (Å²) < 4.78 is 5.25. The van der Waals surface area contributed by atoms with E-state index in [1.54, 1.807) is 7.11 Å². The minimum Gasteiger partial charge on any atom is -0.497 e. The molecule has 4 heteroatoms. The van der Waals surface area contributed by atoms with Gasteiger partial charge in [0.15, 0.2) is 0 Å². The number of aryl methyl sites for hydroxylation is 1. The molecule has 0 aliphatic rings. The van der Waals surface area contributed by atoms with Crippen molar-refractivity contribution in [1.29, 1.82) is 0 Å². The fourth-order valence-corrected chi connectivity index (χ4v) is 1.94. The number of ether oxygens (including phenoxy) is 1. The highest BCUT2D eigenvalue weighted by molar-refractivity contribution is 5.26. The zero-order valence-electron chi connectivity index (χ0n) is 11.6. The first-order chi connectivity index (χ1) is 9.19. The van der Waals surface area contributed by atoms with Gasteiger partial charge in [-0.3, -0.25) is 9.97 Å². The summed E-state index contributed by atoms with van der Waals surface area (Å²) in [6.07, 6.45) is 3.61. The van der Waals surface area contributed by atoms with E-state index in [9.17, 15) is 0 Å². The summed E-state index contributed by atoms with van der Waals surface area (Å²) in [5.74, 6) is 0.848. The standard InChI is InChI=1S/C15H19N3O/c1-11-8-15(19-3)9-14(18-11)10-17-12(2)13-4-6-16-7-5-13/h4-9,12,17H,10H2,1-3H3. The van der Waals surface area contributed by atoms with E-state index in [2.05, 4.69) is 22.2 Å². The largest absolute Gasteiger partial charge is 0.497 e. The Kier molecular flexibility index (Phi) is 4.47. The third-order valence-electron chi connectivity index (χ3n) is 3.01. The topological polar surface area (TPSA) is 47.0 Å². The first kappa shape index (κ1) is 13.5. The van der Waals surface area contributed by atoms with Crippen LogP contribution >= 0.6 is 0 Å². The number of nitrogens with zero attached hydrogens (tertiary/aromatic N) is 2. The van der Waals surface area contributed by atoms with Gasteiger partial charge in [-0.05, 0) is 31.5 Å². The zero-order chi connectivity index (χ0) is 13.7. The molecule has 2 heterocycles. The molecule has 2 aromatic rings. The van der Waals surface area contributed by atoms with E-state index in [0.717, 1.165) is 17.1 Å². The molecule has 0 saturated heterocycles. The maximum absolute atomic E-state index is 5.25. The van der Waals surface area contributed by atoms with Gasteiger partial charge in [0.1, 0.15) is 5.75 Å². The fourth-order valence-electron chi connectivity index (χ4n) is 1.94. The lowest BCUT2D eigenvalue weighted by molar-refractivity contribution is 0.412. The number of hydrogen-bond acceptors (Lipinski definition) is 4. The van der Waals surface area contributed by atoms with Crippen LogP contribution in [0.4, 0.5) is 0 Å². The average Bonchev–Trinajstić information content (AvgIpc) is 2.45. The van der Waals surface area contributed by atoms with Gasteiger partial charge in [0.05, 0.1) is 12.8 Å². The number of nitrogens with one attached hydrogen (secondary N) is 1. The van der Waals surface area contributed by atoms with Crippen molar-refractivity contribution in [3.63, 3.8) is 0 Å². The van der Waals surface area contributed by atoms with Gasteiger partial charge in [-0.2, -0.15) is 0 Å². The summed E-state index contributed by atoms with van der Waals surface area (Å²) in [4.78, 5) is 8.52. The second-order valence-electron chi connectivity index (χ2n) is 4.52. The smallest absolute Gasteiger partial charge is 0.122 e.